The number of rotatable bonds is 5. The normalized spacial score (nSPS) is 13.8. The van der Waals surface area contributed by atoms with Gasteiger partial charge in [-0.2, -0.15) is 0 Å². The van der Waals surface area contributed by atoms with Crippen LogP contribution in [0.1, 0.15) is 48.9 Å². The highest BCUT2D eigenvalue weighted by molar-refractivity contribution is 5.85. The van der Waals surface area contributed by atoms with Crippen LogP contribution in [0.5, 0.6) is 5.75 Å². The molecule has 1 aromatic carbocycles. The molecule has 0 heterocycles. The van der Waals surface area contributed by atoms with Crippen molar-refractivity contribution < 1.29 is 10.2 Å². The Hall–Kier alpha value is -0.770. The van der Waals surface area contributed by atoms with Crippen LogP contribution < -0.4 is 5.73 Å². The standard InChI is InChI=1S/C14H23NO2.ClH/c1-4-5-6-12(17)14(15)13-9(2)7-11(16)8-10(13)3;/h7-8,12,14,16-17H,4-6,15H2,1-3H3;1H/t12-,14-;/m0./s1. The Morgan fingerprint density at radius 1 is 1.22 bits per heavy atom. The van der Waals surface area contributed by atoms with Crippen LogP contribution >= 0.6 is 12.4 Å². The molecule has 0 aromatic heterocycles. The lowest BCUT2D eigenvalue weighted by atomic mass is 9.91. The van der Waals surface area contributed by atoms with Gasteiger partial charge in [0.25, 0.3) is 0 Å². The van der Waals surface area contributed by atoms with Crippen molar-refractivity contribution in [3.05, 3.63) is 28.8 Å². The van der Waals surface area contributed by atoms with Crippen LogP contribution in [0.15, 0.2) is 12.1 Å². The number of aromatic hydroxyl groups is 1. The molecule has 4 N–H and O–H groups in total. The van der Waals surface area contributed by atoms with Crippen LogP contribution in [0.3, 0.4) is 0 Å². The molecule has 0 fully saturated rings. The van der Waals surface area contributed by atoms with E-state index in [0.29, 0.717) is 0 Å². The first-order valence-electron chi connectivity index (χ1n) is 6.21. The van der Waals surface area contributed by atoms with E-state index >= 15 is 0 Å². The number of aliphatic hydroxyl groups excluding tert-OH is 1. The van der Waals surface area contributed by atoms with Crippen molar-refractivity contribution in [3.8, 4) is 5.75 Å². The van der Waals surface area contributed by atoms with Crippen LogP contribution in [0, 0.1) is 13.8 Å². The highest BCUT2D eigenvalue weighted by Crippen LogP contribution is 2.28. The first-order valence-corrected chi connectivity index (χ1v) is 6.21. The summed E-state index contributed by atoms with van der Waals surface area (Å²) in [6.07, 6.45) is 2.23. The van der Waals surface area contributed by atoms with Gasteiger partial charge in [0.2, 0.25) is 0 Å². The van der Waals surface area contributed by atoms with E-state index in [1.165, 1.54) is 0 Å². The third-order valence-corrected chi connectivity index (χ3v) is 3.18. The molecule has 4 heteroatoms. The van der Waals surface area contributed by atoms with E-state index in [9.17, 15) is 10.2 Å². The summed E-state index contributed by atoms with van der Waals surface area (Å²) in [5, 5.41) is 19.5. The van der Waals surface area contributed by atoms with Gasteiger partial charge in [0.05, 0.1) is 12.1 Å². The minimum absolute atomic E-state index is 0. The van der Waals surface area contributed by atoms with Crippen LogP contribution in [-0.4, -0.2) is 16.3 Å². The molecule has 0 bridgehead atoms. The van der Waals surface area contributed by atoms with Gasteiger partial charge >= 0.3 is 0 Å². The zero-order valence-electron chi connectivity index (χ0n) is 11.3. The number of phenolic OH excluding ortho intramolecular Hbond substituents is 1. The first-order chi connectivity index (χ1) is 7.97. The van der Waals surface area contributed by atoms with Crippen molar-refractivity contribution >= 4 is 12.4 Å². The number of aryl methyl sites for hydroxylation is 2. The van der Waals surface area contributed by atoms with Gasteiger partial charge < -0.3 is 15.9 Å². The number of benzene rings is 1. The molecule has 3 nitrogen and oxygen atoms in total. The second kappa shape index (κ2) is 7.62. The number of unbranched alkanes of at least 4 members (excludes halogenated alkanes) is 1. The van der Waals surface area contributed by atoms with E-state index in [1.807, 2.05) is 13.8 Å². The maximum Gasteiger partial charge on any atom is 0.116 e. The third-order valence-electron chi connectivity index (χ3n) is 3.18. The van der Waals surface area contributed by atoms with Gasteiger partial charge in [-0.25, -0.2) is 0 Å². The highest BCUT2D eigenvalue weighted by atomic mass is 35.5. The molecule has 0 spiro atoms. The van der Waals surface area contributed by atoms with E-state index in [0.717, 1.165) is 36.0 Å². The van der Waals surface area contributed by atoms with Gasteiger partial charge in [0.15, 0.2) is 0 Å². The van der Waals surface area contributed by atoms with Gasteiger partial charge in [-0.3, -0.25) is 0 Å². The Morgan fingerprint density at radius 2 is 1.72 bits per heavy atom. The van der Waals surface area contributed by atoms with Crippen molar-refractivity contribution in [2.24, 2.45) is 5.73 Å². The van der Waals surface area contributed by atoms with Gasteiger partial charge in [-0.15, -0.1) is 12.4 Å². The Balaban J connectivity index is 0.00000289. The molecule has 1 rings (SSSR count). The quantitative estimate of drug-likeness (QED) is 0.773. The molecule has 0 saturated heterocycles. The van der Waals surface area contributed by atoms with Crippen molar-refractivity contribution in [2.75, 3.05) is 0 Å². The fourth-order valence-corrected chi connectivity index (χ4v) is 2.26. The molecule has 0 unspecified atom stereocenters. The fourth-order valence-electron chi connectivity index (χ4n) is 2.26. The lowest BCUT2D eigenvalue weighted by Gasteiger charge is -2.23. The van der Waals surface area contributed by atoms with E-state index in [4.69, 9.17) is 5.73 Å². The maximum absolute atomic E-state index is 10.0. The summed E-state index contributed by atoms with van der Waals surface area (Å²) >= 11 is 0. The van der Waals surface area contributed by atoms with Crippen molar-refractivity contribution in [1.29, 1.82) is 0 Å². The smallest absolute Gasteiger partial charge is 0.116 e. The summed E-state index contributed by atoms with van der Waals surface area (Å²) in [5.41, 5.74) is 8.92. The molecule has 1 aromatic rings. The Bertz CT molecular complexity index is 359. The van der Waals surface area contributed by atoms with Gasteiger partial charge in [0, 0.05) is 0 Å². The van der Waals surface area contributed by atoms with E-state index in [2.05, 4.69) is 6.92 Å². The van der Waals surface area contributed by atoms with Crippen LogP contribution in [0.2, 0.25) is 0 Å². The summed E-state index contributed by atoms with van der Waals surface area (Å²) in [5.74, 6) is 0.249. The Kier molecular flexibility index (Phi) is 7.29. The molecule has 18 heavy (non-hydrogen) atoms. The monoisotopic (exact) mass is 273 g/mol. The minimum Gasteiger partial charge on any atom is -0.508 e. The summed E-state index contributed by atoms with van der Waals surface area (Å²) in [6, 6.07) is 3.01. The van der Waals surface area contributed by atoms with E-state index in [1.54, 1.807) is 12.1 Å². The SMILES string of the molecule is CCCC[C@H](O)[C@H](N)c1c(C)cc(O)cc1C.Cl. The molecule has 0 saturated carbocycles. The highest BCUT2D eigenvalue weighted by Gasteiger charge is 2.20. The second-order valence-electron chi connectivity index (χ2n) is 4.73. The van der Waals surface area contributed by atoms with E-state index in [-0.39, 0.29) is 24.2 Å². The van der Waals surface area contributed by atoms with Gasteiger partial charge in [-0.05, 0) is 49.1 Å². The summed E-state index contributed by atoms with van der Waals surface area (Å²) < 4.78 is 0. The van der Waals surface area contributed by atoms with E-state index < -0.39 is 6.10 Å². The number of hydrogen-bond donors (Lipinski definition) is 3. The Morgan fingerprint density at radius 3 is 2.17 bits per heavy atom. The summed E-state index contributed by atoms with van der Waals surface area (Å²) in [7, 11) is 0. The summed E-state index contributed by atoms with van der Waals surface area (Å²) in [4.78, 5) is 0. The van der Waals surface area contributed by atoms with Gasteiger partial charge in [-0.1, -0.05) is 19.8 Å². The Labute approximate surface area is 115 Å². The number of hydrogen-bond acceptors (Lipinski definition) is 3. The molecular formula is C14H24ClNO2. The predicted molar refractivity (Wildman–Crippen MR) is 77.3 cm³/mol. The average Bonchev–Trinajstić information content (AvgIpc) is 2.24. The zero-order chi connectivity index (χ0) is 13.0. The topological polar surface area (TPSA) is 66.5 Å². The average molecular weight is 274 g/mol. The first kappa shape index (κ1) is 17.2. The lowest BCUT2D eigenvalue weighted by molar-refractivity contribution is 0.132. The third kappa shape index (κ3) is 4.16. The zero-order valence-corrected chi connectivity index (χ0v) is 12.1. The molecule has 2 atom stereocenters. The molecule has 0 aliphatic heterocycles. The predicted octanol–water partition coefficient (Wildman–Crippen LogP) is 2.98. The lowest BCUT2D eigenvalue weighted by Crippen LogP contribution is -2.27. The largest absolute Gasteiger partial charge is 0.508 e. The molecule has 0 aliphatic carbocycles. The fraction of sp³-hybridized carbons (Fsp3) is 0.571. The number of halogens is 1. The maximum atomic E-state index is 10.0. The van der Waals surface area contributed by atoms with Crippen LogP contribution in [0.4, 0.5) is 0 Å². The molecule has 104 valence electrons. The minimum atomic E-state index is -0.517. The molecule has 0 aliphatic rings. The van der Waals surface area contributed by atoms with Crippen LogP contribution in [0.25, 0.3) is 0 Å². The number of nitrogens with two attached hydrogens (primary N) is 1. The number of phenols is 1. The number of aliphatic hydroxyl groups is 1. The van der Waals surface area contributed by atoms with Gasteiger partial charge in [0.1, 0.15) is 5.75 Å². The van der Waals surface area contributed by atoms with Crippen LogP contribution in [-0.2, 0) is 0 Å². The second-order valence-corrected chi connectivity index (χ2v) is 4.73. The van der Waals surface area contributed by atoms with Crippen molar-refractivity contribution in [2.45, 2.75) is 52.2 Å². The van der Waals surface area contributed by atoms with Crippen molar-refractivity contribution in [1.82, 2.24) is 0 Å². The molecule has 0 amide bonds. The summed E-state index contributed by atoms with van der Waals surface area (Å²) in [6.45, 7) is 5.91. The molecule has 0 radical (unpaired) electrons. The van der Waals surface area contributed by atoms with Crippen molar-refractivity contribution in [3.63, 3.8) is 0 Å². The molecular weight excluding hydrogens is 250 g/mol.